The Hall–Kier alpha value is -3.39. The number of fused-ring (bicyclic) bond motifs is 1. The molecule has 3 N–H and O–H groups in total. The zero-order chi connectivity index (χ0) is 21.6. The summed E-state index contributed by atoms with van der Waals surface area (Å²) < 4.78 is 25.3. The molecule has 0 heterocycles. The van der Waals surface area contributed by atoms with E-state index in [4.69, 9.17) is 0 Å². The number of anilines is 1. The van der Waals surface area contributed by atoms with Crippen molar-refractivity contribution in [2.24, 2.45) is 0 Å². The summed E-state index contributed by atoms with van der Waals surface area (Å²) in [5, 5.41) is 7.51. The maximum absolute atomic E-state index is 12.3. The number of amides is 2. The number of para-hydroxylation sites is 1. The number of carbonyl (C=O) groups is 2. The molecular formula is C22H23N3O4S. The lowest BCUT2D eigenvalue weighted by Gasteiger charge is -2.12. The second kappa shape index (κ2) is 9.41. The molecule has 8 heteroatoms. The molecule has 0 spiro atoms. The molecule has 2 amide bonds. The van der Waals surface area contributed by atoms with Gasteiger partial charge >= 0.3 is 0 Å². The average molecular weight is 426 g/mol. The SMILES string of the molecule is CS(=O)(=O)Nc1ccccc1CNC(=O)CCNC(=O)c1ccc2ccccc2c1. The van der Waals surface area contributed by atoms with Crippen LogP contribution < -0.4 is 15.4 Å². The summed E-state index contributed by atoms with van der Waals surface area (Å²) in [5.41, 5.74) is 1.61. The summed E-state index contributed by atoms with van der Waals surface area (Å²) in [6.45, 7) is 0.372. The molecule has 3 aromatic carbocycles. The smallest absolute Gasteiger partial charge is 0.251 e. The summed E-state index contributed by atoms with van der Waals surface area (Å²) in [6.07, 6.45) is 1.18. The first-order valence-corrected chi connectivity index (χ1v) is 11.3. The van der Waals surface area contributed by atoms with Gasteiger partial charge in [-0.2, -0.15) is 0 Å². The lowest BCUT2D eigenvalue weighted by Crippen LogP contribution is -2.30. The fraction of sp³-hybridized carbons (Fsp3) is 0.182. The minimum Gasteiger partial charge on any atom is -0.352 e. The molecule has 0 aliphatic rings. The highest BCUT2D eigenvalue weighted by Crippen LogP contribution is 2.16. The van der Waals surface area contributed by atoms with Gasteiger partial charge in [0.05, 0.1) is 11.9 Å². The van der Waals surface area contributed by atoms with E-state index in [1.165, 1.54) is 0 Å². The van der Waals surface area contributed by atoms with Crippen LogP contribution in [-0.2, 0) is 21.4 Å². The third-order valence-corrected chi connectivity index (χ3v) is 5.03. The van der Waals surface area contributed by atoms with E-state index in [1.807, 2.05) is 36.4 Å². The molecule has 0 atom stereocenters. The van der Waals surface area contributed by atoms with E-state index < -0.39 is 10.0 Å². The van der Waals surface area contributed by atoms with Crippen molar-refractivity contribution in [3.63, 3.8) is 0 Å². The molecule has 3 rings (SSSR count). The van der Waals surface area contributed by atoms with Crippen LogP contribution in [0.1, 0.15) is 22.3 Å². The Balaban J connectivity index is 1.49. The van der Waals surface area contributed by atoms with Crippen molar-refractivity contribution in [1.82, 2.24) is 10.6 Å². The van der Waals surface area contributed by atoms with Crippen molar-refractivity contribution < 1.29 is 18.0 Å². The van der Waals surface area contributed by atoms with Gasteiger partial charge in [-0.15, -0.1) is 0 Å². The van der Waals surface area contributed by atoms with Crippen LogP contribution in [0.4, 0.5) is 5.69 Å². The molecular weight excluding hydrogens is 402 g/mol. The summed E-state index contributed by atoms with van der Waals surface area (Å²) in [5.74, 6) is -0.487. The Morgan fingerprint density at radius 3 is 2.33 bits per heavy atom. The van der Waals surface area contributed by atoms with Crippen LogP contribution in [0.3, 0.4) is 0 Å². The fourth-order valence-corrected chi connectivity index (χ4v) is 3.58. The van der Waals surface area contributed by atoms with E-state index in [9.17, 15) is 18.0 Å². The van der Waals surface area contributed by atoms with E-state index in [0.717, 1.165) is 17.0 Å². The van der Waals surface area contributed by atoms with Gasteiger partial charge in [0.25, 0.3) is 5.91 Å². The highest BCUT2D eigenvalue weighted by molar-refractivity contribution is 7.92. The summed E-state index contributed by atoms with van der Waals surface area (Å²) in [4.78, 5) is 24.4. The predicted octanol–water partition coefficient (Wildman–Crippen LogP) is 2.65. The van der Waals surface area contributed by atoms with E-state index >= 15 is 0 Å². The van der Waals surface area contributed by atoms with Crippen molar-refractivity contribution in [1.29, 1.82) is 0 Å². The Bertz CT molecular complexity index is 1180. The number of carbonyl (C=O) groups excluding carboxylic acids is 2. The van der Waals surface area contributed by atoms with Gasteiger partial charge in [0.15, 0.2) is 0 Å². The van der Waals surface area contributed by atoms with Gasteiger partial charge in [-0.05, 0) is 34.5 Å². The maximum atomic E-state index is 12.3. The molecule has 30 heavy (non-hydrogen) atoms. The number of hydrogen-bond donors (Lipinski definition) is 3. The van der Waals surface area contributed by atoms with Gasteiger partial charge < -0.3 is 10.6 Å². The first kappa shape index (κ1) is 21.3. The van der Waals surface area contributed by atoms with Crippen LogP contribution >= 0.6 is 0 Å². The zero-order valence-corrected chi connectivity index (χ0v) is 17.3. The molecule has 0 fully saturated rings. The predicted molar refractivity (Wildman–Crippen MR) is 118 cm³/mol. The lowest BCUT2D eigenvalue weighted by molar-refractivity contribution is -0.121. The van der Waals surface area contributed by atoms with Crippen molar-refractivity contribution in [3.8, 4) is 0 Å². The molecule has 0 aliphatic heterocycles. The Morgan fingerprint density at radius 1 is 0.867 bits per heavy atom. The first-order chi connectivity index (χ1) is 14.3. The van der Waals surface area contributed by atoms with Gasteiger partial charge in [-0.3, -0.25) is 14.3 Å². The van der Waals surface area contributed by atoms with Crippen LogP contribution in [0.25, 0.3) is 10.8 Å². The van der Waals surface area contributed by atoms with E-state index in [1.54, 1.807) is 30.3 Å². The molecule has 0 saturated carbocycles. The minimum atomic E-state index is -3.41. The van der Waals surface area contributed by atoms with Gasteiger partial charge in [-0.25, -0.2) is 8.42 Å². The number of sulfonamides is 1. The van der Waals surface area contributed by atoms with Crippen LogP contribution in [0.5, 0.6) is 0 Å². The van der Waals surface area contributed by atoms with E-state index in [0.29, 0.717) is 16.8 Å². The van der Waals surface area contributed by atoms with Gasteiger partial charge in [0.1, 0.15) is 0 Å². The molecule has 0 radical (unpaired) electrons. The van der Waals surface area contributed by atoms with Crippen LogP contribution in [0.15, 0.2) is 66.7 Å². The van der Waals surface area contributed by atoms with Crippen molar-refractivity contribution in [3.05, 3.63) is 77.9 Å². The Kier molecular flexibility index (Phi) is 6.68. The van der Waals surface area contributed by atoms with Gasteiger partial charge in [0, 0.05) is 25.1 Å². The molecule has 7 nitrogen and oxygen atoms in total. The number of nitrogens with one attached hydrogen (secondary N) is 3. The lowest BCUT2D eigenvalue weighted by atomic mass is 10.1. The second-order valence-corrected chi connectivity index (χ2v) is 8.62. The van der Waals surface area contributed by atoms with Gasteiger partial charge in [-0.1, -0.05) is 48.5 Å². The van der Waals surface area contributed by atoms with Crippen molar-refractivity contribution >= 4 is 38.3 Å². The maximum Gasteiger partial charge on any atom is 0.251 e. The Labute approximate surface area is 175 Å². The summed E-state index contributed by atoms with van der Waals surface area (Å²) in [6, 6.07) is 20.1. The highest BCUT2D eigenvalue weighted by atomic mass is 32.2. The topological polar surface area (TPSA) is 104 Å². The standard InChI is InChI=1S/C22H23N3O4S/c1-30(28,29)25-20-9-5-4-8-19(20)15-24-21(26)12-13-23-22(27)18-11-10-16-6-2-3-7-17(16)14-18/h2-11,14,25H,12-13,15H2,1H3,(H,23,27)(H,24,26). The fourth-order valence-electron chi connectivity index (χ4n) is 2.98. The highest BCUT2D eigenvalue weighted by Gasteiger charge is 2.10. The van der Waals surface area contributed by atoms with Crippen LogP contribution in [0, 0.1) is 0 Å². The molecule has 0 saturated heterocycles. The molecule has 156 valence electrons. The third kappa shape index (κ3) is 6.05. The van der Waals surface area contributed by atoms with Crippen molar-refractivity contribution in [2.45, 2.75) is 13.0 Å². The largest absolute Gasteiger partial charge is 0.352 e. The zero-order valence-electron chi connectivity index (χ0n) is 16.5. The Morgan fingerprint density at radius 2 is 1.57 bits per heavy atom. The van der Waals surface area contributed by atoms with Crippen molar-refractivity contribution in [2.75, 3.05) is 17.5 Å². The molecule has 3 aromatic rings. The van der Waals surface area contributed by atoms with Crippen LogP contribution in [-0.4, -0.2) is 33.0 Å². The average Bonchev–Trinajstić information content (AvgIpc) is 2.71. The van der Waals surface area contributed by atoms with E-state index in [-0.39, 0.29) is 31.3 Å². The second-order valence-electron chi connectivity index (χ2n) is 6.88. The molecule has 0 aliphatic carbocycles. The van der Waals surface area contributed by atoms with E-state index in [2.05, 4.69) is 15.4 Å². The molecule has 0 aromatic heterocycles. The normalized spacial score (nSPS) is 11.1. The van der Waals surface area contributed by atoms with Gasteiger partial charge in [0.2, 0.25) is 15.9 Å². The molecule has 0 bridgehead atoms. The third-order valence-electron chi connectivity index (χ3n) is 4.44. The van der Waals surface area contributed by atoms with Crippen LogP contribution in [0.2, 0.25) is 0 Å². The summed E-state index contributed by atoms with van der Waals surface area (Å²) >= 11 is 0. The minimum absolute atomic E-state index is 0.112. The first-order valence-electron chi connectivity index (χ1n) is 9.41. The number of rotatable bonds is 8. The summed E-state index contributed by atoms with van der Waals surface area (Å²) in [7, 11) is -3.41. The number of hydrogen-bond acceptors (Lipinski definition) is 4. The molecule has 0 unspecified atom stereocenters. The monoisotopic (exact) mass is 425 g/mol. The quantitative estimate of drug-likeness (QED) is 0.516. The number of benzene rings is 3.